The van der Waals surface area contributed by atoms with Gasteiger partial charge in [-0.2, -0.15) is 5.26 Å². The summed E-state index contributed by atoms with van der Waals surface area (Å²) >= 11 is 0. The maximum atomic E-state index is 8.75. The van der Waals surface area contributed by atoms with E-state index < -0.39 is 0 Å². The second kappa shape index (κ2) is 7.72. The Bertz CT molecular complexity index is 427. The molecule has 0 heterocycles. The predicted octanol–water partition coefficient (Wildman–Crippen LogP) is 2.54. The minimum atomic E-state index is -0.271. The largest absolute Gasteiger partial charge is 0.326 e. The van der Waals surface area contributed by atoms with Crippen molar-refractivity contribution in [2.75, 3.05) is 0 Å². The van der Waals surface area contributed by atoms with Crippen LogP contribution in [0, 0.1) is 11.3 Å². The first kappa shape index (κ1) is 18.2. The van der Waals surface area contributed by atoms with E-state index in [0.717, 1.165) is 19.3 Å². The van der Waals surface area contributed by atoms with Crippen LogP contribution in [0.25, 0.3) is 0 Å². The predicted molar refractivity (Wildman–Crippen MR) is 82.7 cm³/mol. The molecular formula is C14H21Cl2N3. The van der Waals surface area contributed by atoms with E-state index in [1.807, 2.05) is 24.3 Å². The van der Waals surface area contributed by atoms with E-state index >= 15 is 0 Å². The first-order chi connectivity index (χ1) is 8.14. The zero-order valence-electron chi connectivity index (χ0n) is 10.8. The van der Waals surface area contributed by atoms with Crippen molar-refractivity contribution in [2.24, 2.45) is 11.5 Å². The van der Waals surface area contributed by atoms with Gasteiger partial charge in [0.25, 0.3) is 0 Å². The molecule has 0 bridgehead atoms. The lowest BCUT2D eigenvalue weighted by Gasteiger charge is -2.39. The van der Waals surface area contributed by atoms with Gasteiger partial charge < -0.3 is 11.5 Å². The molecule has 4 N–H and O–H groups in total. The number of hydrogen-bond donors (Lipinski definition) is 2. The SMILES string of the molecule is Cl.Cl.N#Cc1ccc(CC2(N)CCCCC2N)cc1. The van der Waals surface area contributed by atoms with Crippen molar-refractivity contribution >= 4 is 24.8 Å². The van der Waals surface area contributed by atoms with Crippen LogP contribution in [-0.4, -0.2) is 11.6 Å². The molecular weight excluding hydrogens is 281 g/mol. The highest BCUT2D eigenvalue weighted by Crippen LogP contribution is 2.28. The minimum Gasteiger partial charge on any atom is -0.326 e. The maximum Gasteiger partial charge on any atom is 0.0991 e. The van der Waals surface area contributed by atoms with Crippen molar-refractivity contribution < 1.29 is 0 Å². The molecule has 1 aromatic rings. The van der Waals surface area contributed by atoms with Gasteiger partial charge in [-0.15, -0.1) is 24.8 Å². The van der Waals surface area contributed by atoms with Gasteiger partial charge in [0.05, 0.1) is 11.6 Å². The fourth-order valence-electron chi connectivity index (χ4n) is 2.59. The van der Waals surface area contributed by atoms with Crippen LogP contribution in [0.4, 0.5) is 0 Å². The monoisotopic (exact) mass is 301 g/mol. The van der Waals surface area contributed by atoms with Crippen LogP contribution < -0.4 is 11.5 Å². The van der Waals surface area contributed by atoms with Gasteiger partial charge >= 0.3 is 0 Å². The molecule has 0 saturated heterocycles. The van der Waals surface area contributed by atoms with Crippen molar-refractivity contribution in [2.45, 2.75) is 43.7 Å². The number of nitriles is 1. The highest BCUT2D eigenvalue weighted by Gasteiger charge is 2.34. The molecule has 3 nitrogen and oxygen atoms in total. The molecule has 2 rings (SSSR count). The smallest absolute Gasteiger partial charge is 0.0991 e. The number of rotatable bonds is 2. The molecule has 0 aliphatic heterocycles. The zero-order valence-corrected chi connectivity index (χ0v) is 12.5. The lowest BCUT2D eigenvalue weighted by Crippen LogP contribution is -2.58. The molecule has 1 aliphatic carbocycles. The zero-order chi connectivity index (χ0) is 12.3. The van der Waals surface area contributed by atoms with Crippen molar-refractivity contribution in [3.63, 3.8) is 0 Å². The highest BCUT2D eigenvalue weighted by molar-refractivity contribution is 5.85. The van der Waals surface area contributed by atoms with Crippen LogP contribution in [0.3, 0.4) is 0 Å². The number of hydrogen-bond acceptors (Lipinski definition) is 3. The third-order valence-electron chi connectivity index (χ3n) is 3.76. The van der Waals surface area contributed by atoms with Crippen molar-refractivity contribution in [3.8, 4) is 6.07 Å². The van der Waals surface area contributed by atoms with Gasteiger partial charge in [-0.25, -0.2) is 0 Å². The van der Waals surface area contributed by atoms with Crippen LogP contribution in [0.15, 0.2) is 24.3 Å². The summed E-state index contributed by atoms with van der Waals surface area (Å²) in [5.41, 5.74) is 14.1. The molecule has 0 radical (unpaired) electrons. The molecule has 0 aromatic heterocycles. The molecule has 0 amide bonds. The third-order valence-corrected chi connectivity index (χ3v) is 3.76. The number of halogens is 2. The molecule has 1 fully saturated rings. The van der Waals surface area contributed by atoms with Crippen molar-refractivity contribution in [1.29, 1.82) is 5.26 Å². The van der Waals surface area contributed by atoms with Gasteiger partial charge in [0.2, 0.25) is 0 Å². The topological polar surface area (TPSA) is 75.8 Å². The van der Waals surface area contributed by atoms with Crippen LogP contribution in [0.2, 0.25) is 0 Å². The van der Waals surface area contributed by atoms with E-state index in [0.29, 0.717) is 5.56 Å². The van der Waals surface area contributed by atoms with Gasteiger partial charge in [-0.05, 0) is 37.0 Å². The standard InChI is InChI=1S/C14H19N3.2ClH/c15-10-12-6-4-11(5-7-12)9-14(17)8-2-1-3-13(14)16;;/h4-7,13H,1-3,8-9,16-17H2;2*1H. The number of nitrogens with zero attached hydrogens (tertiary/aromatic N) is 1. The second-order valence-corrected chi connectivity index (χ2v) is 5.07. The Morgan fingerprint density at radius 2 is 1.84 bits per heavy atom. The van der Waals surface area contributed by atoms with E-state index in [2.05, 4.69) is 6.07 Å². The Morgan fingerprint density at radius 1 is 1.21 bits per heavy atom. The average Bonchev–Trinajstić information content (AvgIpc) is 2.34. The van der Waals surface area contributed by atoms with Gasteiger partial charge in [0, 0.05) is 11.6 Å². The summed E-state index contributed by atoms with van der Waals surface area (Å²) in [5, 5.41) is 8.75. The Morgan fingerprint density at radius 3 is 2.37 bits per heavy atom. The Labute approximate surface area is 127 Å². The molecule has 1 saturated carbocycles. The van der Waals surface area contributed by atoms with Crippen LogP contribution >= 0.6 is 24.8 Å². The van der Waals surface area contributed by atoms with E-state index in [9.17, 15) is 0 Å². The Kier molecular flexibility index (Phi) is 7.39. The van der Waals surface area contributed by atoms with Gasteiger partial charge in [0.15, 0.2) is 0 Å². The van der Waals surface area contributed by atoms with E-state index in [1.54, 1.807) is 0 Å². The summed E-state index contributed by atoms with van der Waals surface area (Å²) in [7, 11) is 0. The van der Waals surface area contributed by atoms with Gasteiger partial charge in [-0.1, -0.05) is 25.0 Å². The lowest BCUT2D eigenvalue weighted by atomic mass is 9.75. The third kappa shape index (κ3) is 4.36. The molecule has 2 atom stereocenters. The first-order valence-corrected chi connectivity index (χ1v) is 6.17. The van der Waals surface area contributed by atoms with Crippen molar-refractivity contribution in [3.05, 3.63) is 35.4 Å². The van der Waals surface area contributed by atoms with Crippen LogP contribution in [-0.2, 0) is 6.42 Å². The number of benzene rings is 1. The summed E-state index contributed by atoms with van der Waals surface area (Å²) in [6.07, 6.45) is 5.18. The van der Waals surface area contributed by atoms with E-state index in [-0.39, 0.29) is 36.4 Å². The van der Waals surface area contributed by atoms with Crippen LogP contribution in [0.1, 0.15) is 36.8 Å². The molecule has 19 heavy (non-hydrogen) atoms. The first-order valence-electron chi connectivity index (χ1n) is 6.17. The van der Waals surface area contributed by atoms with E-state index in [1.165, 1.54) is 18.4 Å². The fraction of sp³-hybridized carbons (Fsp3) is 0.500. The van der Waals surface area contributed by atoms with Gasteiger partial charge in [-0.3, -0.25) is 0 Å². The Hall–Kier alpha value is -0.790. The van der Waals surface area contributed by atoms with E-state index in [4.69, 9.17) is 16.7 Å². The summed E-state index contributed by atoms with van der Waals surface area (Å²) in [5.74, 6) is 0. The quantitative estimate of drug-likeness (QED) is 0.881. The molecule has 0 spiro atoms. The second-order valence-electron chi connectivity index (χ2n) is 5.07. The maximum absolute atomic E-state index is 8.75. The highest BCUT2D eigenvalue weighted by atomic mass is 35.5. The van der Waals surface area contributed by atoms with Gasteiger partial charge in [0.1, 0.15) is 0 Å². The van der Waals surface area contributed by atoms with Crippen LogP contribution in [0.5, 0.6) is 0 Å². The normalized spacial score (nSPS) is 25.6. The summed E-state index contributed by atoms with van der Waals surface area (Å²) in [6.45, 7) is 0. The molecule has 1 aromatic carbocycles. The average molecular weight is 302 g/mol. The lowest BCUT2D eigenvalue weighted by molar-refractivity contribution is 0.251. The molecule has 106 valence electrons. The summed E-state index contributed by atoms with van der Waals surface area (Å²) in [4.78, 5) is 0. The number of nitrogens with two attached hydrogens (primary N) is 2. The summed E-state index contributed by atoms with van der Waals surface area (Å²) < 4.78 is 0. The molecule has 2 unspecified atom stereocenters. The molecule has 1 aliphatic rings. The van der Waals surface area contributed by atoms with Crippen molar-refractivity contribution in [1.82, 2.24) is 0 Å². The Balaban J connectivity index is 0.00000162. The fourth-order valence-corrected chi connectivity index (χ4v) is 2.59. The summed E-state index contributed by atoms with van der Waals surface area (Å²) in [6, 6.07) is 9.85. The minimum absolute atomic E-state index is 0. The molecule has 5 heteroatoms.